The first-order valence-electron chi connectivity index (χ1n) is 6.61. The molecule has 1 aliphatic carbocycles. The summed E-state index contributed by atoms with van der Waals surface area (Å²) in [6.45, 7) is 0.125. The Balaban J connectivity index is 0.00000242. The molecule has 1 aromatic rings. The molecule has 22 heavy (non-hydrogen) atoms. The molecule has 0 saturated heterocycles. The van der Waals surface area contributed by atoms with Crippen molar-refractivity contribution < 1.29 is 17.9 Å². The van der Waals surface area contributed by atoms with Crippen molar-refractivity contribution in [3.05, 3.63) is 18.2 Å². The Bertz CT molecular complexity index is 632. The normalized spacial score (nSPS) is 14.1. The van der Waals surface area contributed by atoms with Crippen LogP contribution < -0.4 is 20.1 Å². The van der Waals surface area contributed by atoms with E-state index in [1.54, 1.807) is 7.05 Å². The van der Waals surface area contributed by atoms with E-state index in [4.69, 9.17) is 4.74 Å². The SMILES string of the molecule is CNCC(=O)Nc1cc(S(=O)(=O)NC2CC2)ccc1OC.Cl. The second-order valence-corrected chi connectivity index (χ2v) is 6.55. The molecule has 0 unspecified atom stereocenters. The molecule has 0 atom stereocenters. The van der Waals surface area contributed by atoms with Crippen LogP contribution in [0, 0.1) is 0 Å². The van der Waals surface area contributed by atoms with Gasteiger partial charge >= 0.3 is 0 Å². The molecule has 0 radical (unpaired) electrons. The maximum Gasteiger partial charge on any atom is 0.240 e. The molecule has 0 spiro atoms. The van der Waals surface area contributed by atoms with Crippen molar-refractivity contribution in [2.45, 2.75) is 23.8 Å². The van der Waals surface area contributed by atoms with Crippen molar-refractivity contribution in [2.24, 2.45) is 0 Å². The van der Waals surface area contributed by atoms with Gasteiger partial charge in [0, 0.05) is 6.04 Å². The van der Waals surface area contributed by atoms with E-state index in [1.165, 1.54) is 25.3 Å². The molecule has 3 N–H and O–H groups in total. The van der Waals surface area contributed by atoms with Gasteiger partial charge in [-0.15, -0.1) is 12.4 Å². The number of anilines is 1. The molecule has 0 aliphatic heterocycles. The first-order chi connectivity index (χ1) is 9.96. The number of hydrogen-bond acceptors (Lipinski definition) is 5. The highest BCUT2D eigenvalue weighted by Crippen LogP contribution is 2.29. The standard InChI is InChI=1S/C13H19N3O4S.ClH/c1-14-8-13(17)15-11-7-10(5-6-12(11)20-2)21(18,19)16-9-3-4-9;/h5-7,9,14,16H,3-4,8H2,1-2H3,(H,15,17);1H. The van der Waals surface area contributed by atoms with Crippen molar-refractivity contribution in [3.63, 3.8) is 0 Å². The lowest BCUT2D eigenvalue weighted by Gasteiger charge is -2.12. The minimum atomic E-state index is -3.57. The lowest BCUT2D eigenvalue weighted by molar-refractivity contribution is -0.115. The first kappa shape index (κ1) is 18.7. The van der Waals surface area contributed by atoms with Gasteiger partial charge in [0.15, 0.2) is 0 Å². The fourth-order valence-corrected chi connectivity index (χ4v) is 3.13. The molecule has 1 aromatic carbocycles. The molecule has 1 amide bonds. The summed E-state index contributed by atoms with van der Waals surface area (Å²) < 4.78 is 32.1. The summed E-state index contributed by atoms with van der Waals surface area (Å²) in [7, 11) is -0.457. The van der Waals surface area contributed by atoms with E-state index >= 15 is 0 Å². The molecule has 1 fully saturated rings. The third kappa shape index (κ3) is 4.84. The molecule has 0 aromatic heterocycles. The van der Waals surface area contributed by atoms with Crippen LogP contribution in [-0.4, -0.2) is 41.1 Å². The van der Waals surface area contributed by atoms with Gasteiger partial charge in [-0.1, -0.05) is 0 Å². The predicted octanol–water partition coefficient (Wildman–Crippen LogP) is 0.716. The number of sulfonamides is 1. The van der Waals surface area contributed by atoms with E-state index < -0.39 is 10.0 Å². The lowest BCUT2D eigenvalue weighted by atomic mass is 10.3. The zero-order chi connectivity index (χ0) is 15.5. The number of carbonyl (C=O) groups is 1. The Morgan fingerprint density at radius 1 is 1.36 bits per heavy atom. The van der Waals surface area contributed by atoms with Gasteiger partial charge in [-0.05, 0) is 38.1 Å². The van der Waals surface area contributed by atoms with E-state index in [9.17, 15) is 13.2 Å². The second-order valence-electron chi connectivity index (χ2n) is 4.84. The van der Waals surface area contributed by atoms with Crippen molar-refractivity contribution in [1.29, 1.82) is 0 Å². The average molecular weight is 350 g/mol. The highest BCUT2D eigenvalue weighted by Gasteiger charge is 2.28. The number of methoxy groups -OCH3 is 1. The van der Waals surface area contributed by atoms with Crippen LogP contribution in [0.15, 0.2) is 23.1 Å². The van der Waals surface area contributed by atoms with Gasteiger partial charge in [-0.2, -0.15) is 0 Å². The third-order valence-electron chi connectivity index (χ3n) is 2.99. The van der Waals surface area contributed by atoms with Crippen LogP contribution in [0.5, 0.6) is 5.75 Å². The van der Waals surface area contributed by atoms with Gasteiger partial charge < -0.3 is 15.4 Å². The van der Waals surface area contributed by atoms with Crippen LogP contribution in [0.2, 0.25) is 0 Å². The lowest BCUT2D eigenvalue weighted by Crippen LogP contribution is -2.27. The first-order valence-corrected chi connectivity index (χ1v) is 8.09. The zero-order valence-electron chi connectivity index (χ0n) is 12.4. The average Bonchev–Trinajstić information content (AvgIpc) is 3.22. The van der Waals surface area contributed by atoms with E-state index in [0.717, 1.165) is 12.8 Å². The van der Waals surface area contributed by atoms with Crippen LogP contribution in [0.25, 0.3) is 0 Å². The Hall–Kier alpha value is -1.35. The summed E-state index contributed by atoms with van der Waals surface area (Å²) >= 11 is 0. The molecular formula is C13H20ClN3O4S. The molecule has 0 heterocycles. The van der Waals surface area contributed by atoms with Gasteiger partial charge in [0.1, 0.15) is 5.75 Å². The van der Waals surface area contributed by atoms with E-state index in [0.29, 0.717) is 11.4 Å². The highest BCUT2D eigenvalue weighted by molar-refractivity contribution is 7.89. The number of nitrogens with one attached hydrogen (secondary N) is 3. The van der Waals surface area contributed by atoms with Gasteiger partial charge in [0.2, 0.25) is 15.9 Å². The Morgan fingerprint density at radius 3 is 2.59 bits per heavy atom. The number of ether oxygens (including phenoxy) is 1. The Kier molecular flexibility index (Phi) is 6.61. The van der Waals surface area contributed by atoms with Crippen molar-refractivity contribution in [1.82, 2.24) is 10.0 Å². The van der Waals surface area contributed by atoms with E-state index in [-0.39, 0.29) is 35.8 Å². The zero-order valence-corrected chi connectivity index (χ0v) is 14.0. The summed E-state index contributed by atoms with van der Waals surface area (Å²) in [5.41, 5.74) is 0.330. The van der Waals surface area contributed by atoms with E-state index in [1.807, 2.05) is 0 Å². The maximum atomic E-state index is 12.2. The topological polar surface area (TPSA) is 96.5 Å². The second kappa shape index (κ2) is 7.77. The van der Waals surface area contributed by atoms with Gasteiger partial charge in [0.05, 0.1) is 24.2 Å². The minimum absolute atomic E-state index is 0. The number of likely N-dealkylation sites (N-methyl/N-ethyl adjacent to an activating group) is 1. The molecule has 124 valence electrons. The summed E-state index contributed by atoms with van der Waals surface area (Å²) in [6.07, 6.45) is 1.72. The minimum Gasteiger partial charge on any atom is -0.495 e. The fraction of sp³-hybridized carbons (Fsp3) is 0.462. The maximum absolute atomic E-state index is 12.2. The van der Waals surface area contributed by atoms with Crippen LogP contribution in [0.3, 0.4) is 0 Å². The largest absolute Gasteiger partial charge is 0.495 e. The Morgan fingerprint density at radius 2 is 2.05 bits per heavy atom. The molecule has 1 saturated carbocycles. The van der Waals surface area contributed by atoms with Gasteiger partial charge in [-0.25, -0.2) is 13.1 Å². The number of rotatable bonds is 7. The molecule has 0 bridgehead atoms. The molecule has 7 nitrogen and oxygen atoms in total. The summed E-state index contributed by atoms with van der Waals surface area (Å²) in [5, 5.41) is 5.35. The van der Waals surface area contributed by atoms with Crippen LogP contribution in [0.4, 0.5) is 5.69 Å². The summed E-state index contributed by atoms with van der Waals surface area (Å²) in [5.74, 6) is 0.130. The van der Waals surface area contributed by atoms with Crippen LogP contribution in [-0.2, 0) is 14.8 Å². The number of halogens is 1. The van der Waals surface area contributed by atoms with Crippen LogP contribution in [0.1, 0.15) is 12.8 Å². The quantitative estimate of drug-likeness (QED) is 0.674. The molecule has 9 heteroatoms. The van der Waals surface area contributed by atoms with Gasteiger partial charge in [0.25, 0.3) is 0 Å². The monoisotopic (exact) mass is 349 g/mol. The van der Waals surface area contributed by atoms with Gasteiger partial charge in [-0.3, -0.25) is 4.79 Å². The van der Waals surface area contributed by atoms with E-state index in [2.05, 4.69) is 15.4 Å². The number of carbonyl (C=O) groups excluding carboxylic acids is 1. The van der Waals surface area contributed by atoms with Crippen molar-refractivity contribution in [3.8, 4) is 5.75 Å². The number of benzene rings is 1. The molecule has 2 rings (SSSR count). The fourth-order valence-electron chi connectivity index (χ4n) is 1.80. The third-order valence-corrected chi connectivity index (χ3v) is 4.51. The number of hydrogen-bond donors (Lipinski definition) is 3. The molecule has 1 aliphatic rings. The number of amides is 1. The Labute approximate surface area is 136 Å². The predicted molar refractivity (Wildman–Crippen MR) is 86.1 cm³/mol. The molecular weight excluding hydrogens is 330 g/mol. The highest BCUT2D eigenvalue weighted by atomic mass is 35.5. The van der Waals surface area contributed by atoms with Crippen molar-refractivity contribution in [2.75, 3.05) is 26.0 Å². The summed E-state index contributed by atoms with van der Waals surface area (Å²) in [6, 6.07) is 4.41. The van der Waals surface area contributed by atoms with Crippen molar-refractivity contribution >= 4 is 34.0 Å². The smallest absolute Gasteiger partial charge is 0.240 e. The summed E-state index contributed by atoms with van der Waals surface area (Å²) in [4.78, 5) is 11.7. The van der Waals surface area contributed by atoms with Crippen LogP contribution >= 0.6 is 12.4 Å².